The fraction of sp³-hybridized carbons (Fsp3) is 0.455. The molecule has 6 heteroatoms. The van der Waals surface area contributed by atoms with Gasteiger partial charge in [-0.3, -0.25) is 0 Å². The summed E-state index contributed by atoms with van der Waals surface area (Å²) in [5.41, 5.74) is 0.211. The average Bonchev–Trinajstić information content (AvgIpc) is 2.27. The second-order valence-corrected chi connectivity index (χ2v) is 3.61. The van der Waals surface area contributed by atoms with Crippen LogP contribution in [0.1, 0.15) is 17.2 Å². The standard InChI is InChI=1S/C11H12F4O2/c1-6-5-7(3-4-8(6)17-2)9(16)11(14,15)10(12)13/h3-5,9-10,16H,1-2H3. The topological polar surface area (TPSA) is 29.5 Å². The van der Waals surface area contributed by atoms with E-state index in [1.165, 1.54) is 19.2 Å². The van der Waals surface area contributed by atoms with E-state index < -0.39 is 18.5 Å². The fourth-order valence-corrected chi connectivity index (χ4v) is 1.41. The van der Waals surface area contributed by atoms with E-state index in [1.54, 1.807) is 6.92 Å². The van der Waals surface area contributed by atoms with Gasteiger partial charge < -0.3 is 9.84 Å². The highest BCUT2D eigenvalue weighted by molar-refractivity contribution is 5.37. The summed E-state index contributed by atoms with van der Waals surface area (Å²) in [4.78, 5) is 0. The maximum Gasteiger partial charge on any atom is 0.336 e. The third-order valence-electron chi connectivity index (χ3n) is 2.39. The summed E-state index contributed by atoms with van der Waals surface area (Å²) in [5, 5.41) is 9.24. The van der Waals surface area contributed by atoms with E-state index >= 15 is 0 Å². The van der Waals surface area contributed by atoms with Crippen molar-refractivity contribution in [3.63, 3.8) is 0 Å². The molecule has 1 unspecified atom stereocenters. The number of hydrogen-bond donors (Lipinski definition) is 1. The molecule has 0 saturated heterocycles. The van der Waals surface area contributed by atoms with Crippen molar-refractivity contribution < 1.29 is 27.4 Å². The minimum atomic E-state index is -4.47. The molecule has 1 aromatic carbocycles. The minimum Gasteiger partial charge on any atom is -0.496 e. The smallest absolute Gasteiger partial charge is 0.336 e. The molecule has 0 aliphatic rings. The van der Waals surface area contributed by atoms with Gasteiger partial charge in [0.1, 0.15) is 11.9 Å². The van der Waals surface area contributed by atoms with E-state index in [2.05, 4.69) is 0 Å². The lowest BCUT2D eigenvalue weighted by Gasteiger charge is -2.22. The lowest BCUT2D eigenvalue weighted by molar-refractivity contribution is -0.193. The van der Waals surface area contributed by atoms with Crippen LogP contribution in [0.2, 0.25) is 0 Å². The van der Waals surface area contributed by atoms with Crippen molar-refractivity contribution in [3.8, 4) is 5.75 Å². The maximum atomic E-state index is 12.9. The van der Waals surface area contributed by atoms with Crippen molar-refractivity contribution in [3.05, 3.63) is 29.3 Å². The Morgan fingerprint density at radius 2 is 1.88 bits per heavy atom. The summed E-state index contributed by atoms with van der Waals surface area (Å²) in [6.07, 6.45) is -6.45. The van der Waals surface area contributed by atoms with E-state index in [9.17, 15) is 22.7 Å². The van der Waals surface area contributed by atoms with Gasteiger partial charge in [0, 0.05) is 0 Å². The molecule has 96 valence electrons. The predicted octanol–water partition coefficient (Wildman–Crippen LogP) is 2.94. The average molecular weight is 252 g/mol. The van der Waals surface area contributed by atoms with Crippen molar-refractivity contribution in [1.82, 2.24) is 0 Å². The largest absolute Gasteiger partial charge is 0.496 e. The maximum absolute atomic E-state index is 12.9. The summed E-state index contributed by atoms with van der Waals surface area (Å²) >= 11 is 0. The molecule has 1 rings (SSSR count). The third kappa shape index (κ3) is 2.69. The second-order valence-electron chi connectivity index (χ2n) is 3.61. The van der Waals surface area contributed by atoms with Gasteiger partial charge >= 0.3 is 12.3 Å². The number of methoxy groups -OCH3 is 1. The molecule has 0 amide bonds. The monoisotopic (exact) mass is 252 g/mol. The van der Waals surface area contributed by atoms with Crippen molar-refractivity contribution >= 4 is 0 Å². The molecule has 0 heterocycles. The summed E-state index contributed by atoms with van der Waals surface area (Å²) in [5.74, 6) is -4.04. The van der Waals surface area contributed by atoms with Crippen LogP contribution in [0.3, 0.4) is 0 Å². The van der Waals surface area contributed by atoms with E-state index in [4.69, 9.17) is 4.74 Å². The number of benzene rings is 1. The molecule has 1 N–H and O–H groups in total. The second kappa shape index (κ2) is 4.91. The number of rotatable bonds is 4. The molecule has 2 nitrogen and oxygen atoms in total. The van der Waals surface area contributed by atoms with Crippen molar-refractivity contribution in [2.75, 3.05) is 7.11 Å². The summed E-state index contributed by atoms with van der Waals surface area (Å²) in [6, 6.07) is 3.67. The van der Waals surface area contributed by atoms with Gasteiger partial charge in [-0.15, -0.1) is 0 Å². The fourth-order valence-electron chi connectivity index (χ4n) is 1.41. The van der Waals surface area contributed by atoms with Gasteiger partial charge in [0.25, 0.3) is 0 Å². The zero-order valence-electron chi connectivity index (χ0n) is 9.25. The van der Waals surface area contributed by atoms with Crippen LogP contribution in [0.5, 0.6) is 5.75 Å². The molecule has 0 spiro atoms. The predicted molar refractivity (Wildman–Crippen MR) is 53.6 cm³/mol. The number of alkyl halides is 4. The zero-order valence-corrected chi connectivity index (χ0v) is 9.25. The van der Waals surface area contributed by atoms with Crippen LogP contribution in [0.15, 0.2) is 18.2 Å². The van der Waals surface area contributed by atoms with Crippen molar-refractivity contribution in [2.24, 2.45) is 0 Å². The lowest BCUT2D eigenvalue weighted by Crippen LogP contribution is -2.34. The molecule has 0 fully saturated rings. The normalized spacial score (nSPS) is 13.9. The number of aliphatic hydroxyl groups is 1. The van der Waals surface area contributed by atoms with Gasteiger partial charge in [0.15, 0.2) is 0 Å². The van der Waals surface area contributed by atoms with E-state index in [-0.39, 0.29) is 5.56 Å². The Bertz CT molecular complexity index is 393. The molecule has 0 bridgehead atoms. The first-order valence-corrected chi connectivity index (χ1v) is 4.79. The van der Waals surface area contributed by atoms with Crippen LogP contribution in [0.4, 0.5) is 17.6 Å². The molecule has 17 heavy (non-hydrogen) atoms. The highest BCUT2D eigenvalue weighted by Gasteiger charge is 2.48. The first-order chi connectivity index (χ1) is 7.80. The number of aliphatic hydroxyl groups excluding tert-OH is 1. The van der Waals surface area contributed by atoms with E-state index in [0.29, 0.717) is 11.3 Å². The van der Waals surface area contributed by atoms with E-state index in [1.807, 2.05) is 0 Å². The van der Waals surface area contributed by atoms with Gasteiger partial charge in [0.05, 0.1) is 7.11 Å². The lowest BCUT2D eigenvalue weighted by atomic mass is 10.0. The van der Waals surface area contributed by atoms with Gasteiger partial charge in [-0.1, -0.05) is 6.07 Å². The molecule has 0 aromatic heterocycles. The van der Waals surface area contributed by atoms with Gasteiger partial charge in [0.2, 0.25) is 0 Å². The van der Waals surface area contributed by atoms with E-state index in [0.717, 1.165) is 6.07 Å². The number of hydrogen-bond acceptors (Lipinski definition) is 2. The minimum absolute atomic E-state index is 0.270. The molecule has 1 aromatic rings. The van der Waals surface area contributed by atoms with Gasteiger partial charge in [-0.2, -0.15) is 8.78 Å². The summed E-state index contributed by atoms with van der Waals surface area (Å²) in [6.45, 7) is 1.57. The SMILES string of the molecule is COc1ccc(C(O)C(F)(F)C(F)F)cc1C. The van der Waals surface area contributed by atoms with Crippen molar-refractivity contribution in [1.29, 1.82) is 0 Å². The number of halogens is 4. The van der Waals surface area contributed by atoms with Crippen LogP contribution in [-0.4, -0.2) is 24.6 Å². The Labute approximate surface area is 95.8 Å². The Balaban J connectivity index is 3.05. The molecule has 0 radical (unpaired) electrons. The van der Waals surface area contributed by atoms with Crippen LogP contribution in [-0.2, 0) is 0 Å². The number of aryl methyl sites for hydroxylation is 1. The molecule has 0 saturated carbocycles. The highest BCUT2D eigenvalue weighted by Crippen LogP contribution is 2.37. The molecular formula is C11H12F4O2. The van der Waals surface area contributed by atoms with Crippen LogP contribution < -0.4 is 4.74 Å². The van der Waals surface area contributed by atoms with Crippen LogP contribution in [0.25, 0.3) is 0 Å². The first-order valence-electron chi connectivity index (χ1n) is 4.79. The summed E-state index contributed by atoms with van der Waals surface area (Å²) < 4.78 is 54.8. The molecular weight excluding hydrogens is 240 g/mol. The zero-order chi connectivity index (χ0) is 13.2. The van der Waals surface area contributed by atoms with Gasteiger partial charge in [-0.05, 0) is 30.2 Å². The van der Waals surface area contributed by atoms with Crippen LogP contribution in [0, 0.1) is 6.92 Å². The number of ether oxygens (including phenoxy) is 1. The van der Waals surface area contributed by atoms with Crippen LogP contribution >= 0.6 is 0 Å². The Morgan fingerprint density at radius 1 is 1.29 bits per heavy atom. The molecule has 1 atom stereocenters. The summed E-state index contributed by atoms with van der Waals surface area (Å²) in [7, 11) is 1.40. The van der Waals surface area contributed by atoms with Gasteiger partial charge in [-0.25, -0.2) is 8.78 Å². The quantitative estimate of drug-likeness (QED) is 0.835. The van der Waals surface area contributed by atoms with Crippen molar-refractivity contribution in [2.45, 2.75) is 25.4 Å². The highest BCUT2D eigenvalue weighted by atomic mass is 19.3. The Hall–Kier alpha value is -1.30. The molecule has 0 aliphatic heterocycles. The third-order valence-corrected chi connectivity index (χ3v) is 2.39. The molecule has 0 aliphatic carbocycles. The Morgan fingerprint density at radius 3 is 2.29 bits per heavy atom. The Kier molecular flexibility index (Phi) is 3.98. The first kappa shape index (κ1) is 13.8.